The Hall–Kier alpha value is -2.57. The molecule has 104 valence electrons. The van der Waals surface area contributed by atoms with Crippen LogP contribution in [-0.2, 0) is 6.18 Å². The predicted molar refractivity (Wildman–Crippen MR) is 66.0 cm³/mol. The standard InChI is InChI=1S/C13H9F3N2O2/c14-13(15,16)9-3-1-2-8(11(9)12(17)20)7-4-5-18-10(19)6-7/h1-6H,(H2,17,20)(H,18,19). The van der Waals surface area contributed by atoms with Gasteiger partial charge >= 0.3 is 6.18 Å². The highest BCUT2D eigenvalue weighted by Crippen LogP contribution is 2.36. The molecule has 1 aromatic heterocycles. The number of nitrogens with two attached hydrogens (primary N) is 1. The van der Waals surface area contributed by atoms with E-state index in [0.717, 1.165) is 18.2 Å². The Morgan fingerprint density at radius 2 is 1.90 bits per heavy atom. The molecule has 0 saturated carbocycles. The second-order valence-electron chi connectivity index (χ2n) is 4.03. The minimum absolute atomic E-state index is 0.0292. The number of carbonyl (C=O) groups excluding carboxylic acids is 1. The summed E-state index contributed by atoms with van der Waals surface area (Å²) in [6, 6.07) is 5.73. The largest absolute Gasteiger partial charge is 0.417 e. The molecule has 20 heavy (non-hydrogen) atoms. The number of alkyl halides is 3. The van der Waals surface area contributed by atoms with E-state index < -0.39 is 28.8 Å². The highest BCUT2D eigenvalue weighted by atomic mass is 19.4. The van der Waals surface area contributed by atoms with E-state index in [1.807, 2.05) is 0 Å². The van der Waals surface area contributed by atoms with Crippen molar-refractivity contribution in [2.75, 3.05) is 0 Å². The third-order valence-corrected chi connectivity index (χ3v) is 2.70. The molecule has 0 spiro atoms. The lowest BCUT2D eigenvalue weighted by atomic mass is 9.95. The minimum Gasteiger partial charge on any atom is -0.366 e. The number of H-pyrrole nitrogens is 1. The fourth-order valence-electron chi connectivity index (χ4n) is 1.91. The Bertz CT molecular complexity index is 720. The number of rotatable bonds is 2. The lowest BCUT2D eigenvalue weighted by Gasteiger charge is -2.14. The molecule has 0 fully saturated rings. The van der Waals surface area contributed by atoms with Crippen LogP contribution in [0.15, 0.2) is 41.3 Å². The third kappa shape index (κ3) is 2.56. The highest BCUT2D eigenvalue weighted by molar-refractivity contribution is 6.01. The lowest BCUT2D eigenvalue weighted by molar-refractivity contribution is -0.137. The minimum atomic E-state index is -4.71. The molecule has 2 rings (SSSR count). The molecule has 0 saturated heterocycles. The van der Waals surface area contributed by atoms with E-state index in [4.69, 9.17) is 5.73 Å². The number of hydrogen-bond acceptors (Lipinski definition) is 2. The first-order chi connectivity index (χ1) is 9.30. The summed E-state index contributed by atoms with van der Waals surface area (Å²) in [7, 11) is 0. The van der Waals surface area contributed by atoms with Gasteiger partial charge in [-0.15, -0.1) is 0 Å². The van der Waals surface area contributed by atoms with Gasteiger partial charge in [-0.3, -0.25) is 9.59 Å². The topological polar surface area (TPSA) is 76.0 Å². The van der Waals surface area contributed by atoms with Crippen LogP contribution in [0.1, 0.15) is 15.9 Å². The van der Waals surface area contributed by atoms with Gasteiger partial charge in [0.15, 0.2) is 0 Å². The normalized spacial score (nSPS) is 11.3. The van der Waals surface area contributed by atoms with Crippen LogP contribution in [0.5, 0.6) is 0 Å². The summed E-state index contributed by atoms with van der Waals surface area (Å²) < 4.78 is 38.7. The number of aromatic nitrogens is 1. The van der Waals surface area contributed by atoms with E-state index in [1.54, 1.807) is 0 Å². The number of benzene rings is 1. The van der Waals surface area contributed by atoms with Crippen molar-refractivity contribution in [2.45, 2.75) is 6.18 Å². The van der Waals surface area contributed by atoms with Crippen LogP contribution in [0.4, 0.5) is 13.2 Å². The van der Waals surface area contributed by atoms with Gasteiger partial charge < -0.3 is 10.7 Å². The number of nitrogens with one attached hydrogen (secondary N) is 1. The van der Waals surface area contributed by atoms with Crippen LogP contribution < -0.4 is 11.3 Å². The van der Waals surface area contributed by atoms with Crippen molar-refractivity contribution in [1.82, 2.24) is 4.98 Å². The molecule has 1 aromatic carbocycles. The number of carbonyl (C=O) groups is 1. The van der Waals surface area contributed by atoms with Gasteiger partial charge in [0.05, 0.1) is 11.1 Å². The first kappa shape index (κ1) is 13.9. The van der Waals surface area contributed by atoms with E-state index in [1.165, 1.54) is 18.3 Å². The number of amides is 1. The van der Waals surface area contributed by atoms with Gasteiger partial charge in [-0.25, -0.2) is 0 Å². The summed E-state index contributed by atoms with van der Waals surface area (Å²) in [5.41, 5.74) is 2.96. The van der Waals surface area contributed by atoms with Crippen LogP contribution in [0.25, 0.3) is 11.1 Å². The van der Waals surface area contributed by atoms with Crippen molar-refractivity contribution in [1.29, 1.82) is 0 Å². The molecule has 1 heterocycles. The third-order valence-electron chi connectivity index (χ3n) is 2.70. The van der Waals surface area contributed by atoms with Crippen molar-refractivity contribution >= 4 is 5.91 Å². The van der Waals surface area contributed by atoms with Crippen LogP contribution in [0.2, 0.25) is 0 Å². The van der Waals surface area contributed by atoms with Gasteiger partial charge in [0.2, 0.25) is 11.5 Å². The summed E-state index contributed by atoms with van der Waals surface area (Å²) in [5.74, 6) is -1.20. The molecule has 1 amide bonds. The first-order valence-electron chi connectivity index (χ1n) is 5.50. The molecule has 0 radical (unpaired) electrons. The van der Waals surface area contributed by atoms with Gasteiger partial charge in [0.25, 0.3) is 0 Å². The van der Waals surface area contributed by atoms with Crippen molar-refractivity contribution in [3.8, 4) is 11.1 Å². The zero-order chi connectivity index (χ0) is 14.9. The average molecular weight is 282 g/mol. The summed E-state index contributed by atoms with van der Waals surface area (Å²) in [6.45, 7) is 0. The van der Waals surface area contributed by atoms with Gasteiger partial charge in [-0.2, -0.15) is 13.2 Å². The van der Waals surface area contributed by atoms with Crippen molar-refractivity contribution in [3.05, 3.63) is 58.0 Å². The van der Waals surface area contributed by atoms with E-state index in [2.05, 4.69) is 4.98 Å². The summed E-state index contributed by atoms with van der Waals surface area (Å²) >= 11 is 0. The number of aromatic amines is 1. The maximum absolute atomic E-state index is 12.9. The molecule has 0 aliphatic carbocycles. The molecule has 7 heteroatoms. The second-order valence-corrected chi connectivity index (χ2v) is 4.03. The number of halogens is 3. The average Bonchev–Trinajstić information content (AvgIpc) is 2.36. The van der Waals surface area contributed by atoms with E-state index >= 15 is 0 Å². The Balaban J connectivity index is 2.78. The van der Waals surface area contributed by atoms with Crippen molar-refractivity contribution in [2.24, 2.45) is 5.73 Å². The molecule has 0 unspecified atom stereocenters. The fourth-order valence-corrected chi connectivity index (χ4v) is 1.91. The quantitative estimate of drug-likeness (QED) is 0.885. The Labute approximate surface area is 111 Å². The maximum atomic E-state index is 12.9. The molecule has 0 bridgehead atoms. The smallest absolute Gasteiger partial charge is 0.366 e. The Kier molecular flexibility index (Phi) is 3.35. The van der Waals surface area contributed by atoms with Crippen molar-refractivity contribution < 1.29 is 18.0 Å². The molecule has 4 nitrogen and oxygen atoms in total. The zero-order valence-electron chi connectivity index (χ0n) is 9.99. The molecule has 0 aliphatic heterocycles. The van der Waals surface area contributed by atoms with Gasteiger partial charge in [0.1, 0.15) is 0 Å². The fraction of sp³-hybridized carbons (Fsp3) is 0.0769. The van der Waals surface area contributed by atoms with Crippen LogP contribution in [0.3, 0.4) is 0 Å². The van der Waals surface area contributed by atoms with Crippen LogP contribution in [0, 0.1) is 0 Å². The second kappa shape index (κ2) is 4.84. The SMILES string of the molecule is NC(=O)c1c(-c2cc[nH]c(=O)c2)cccc1C(F)(F)F. The number of primary amides is 1. The molecule has 0 aliphatic rings. The van der Waals surface area contributed by atoms with Crippen molar-refractivity contribution in [3.63, 3.8) is 0 Å². The summed E-state index contributed by atoms with van der Waals surface area (Å²) in [6.07, 6.45) is -3.43. The van der Waals surface area contributed by atoms with Crippen LogP contribution in [-0.4, -0.2) is 10.9 Å². The monoisotopic (exact) mass is 282 g/mol. The van der Waals surface area contributed by atoms with E-state index in [0.29, 0.717) is 0 Å². The van der Waals surface area contributed by atoms with Crippen LogP contribution >= 0.6 is 0 Å². The molecule has 3 N–H and O–H groups in total. The summed E-state index contributed by atoms with van der Waals surface area (Å²) in [5, 5.41) is 0. The molecular formula is C13H9F3N2O2. The van der Waals surface area contributed by atoms with Gasteiger partial charge in [-0.1, -0.05) is 12.1 Å². The lowest BCUT2D eigenvalue weighted by Crippen LogP contribution is -2.20. The van der Waals surface area contributed by atoms with Gasteiger partial charge in [0, 0.05) is 12.3 Å². The highest BCUT2D eigenvalue weighted by Gasteiger charge is 2.36. The number of pyridine rings is 1. The first-order valence-corrected chi connectivity index (χ1v) is 5.50. The van der Waals surface area contributed by atoms with E-state index in [-0.39, 0.29) is 11.1 Å². The van der Waals surface area contributed by atoms with Gasteiger partial charge in [-0.05, 0) is 23.3 Å². The Morgan fingerprint density at radius 3 is 2.45 bits per heavy atom. The maximum Gasteiger partial charge on any atom is 0.417 e. The van der Waals surface area contributed by atoms with E-state index in [9.17, 15) is 22.8 Å². The Morgan fingerprint density at radius 1 is 1.20 bits per heavy atom. The predicted octanol–water partition coefficient (Wildman–Crippen LogP) is 2.16. The molecular weight excluding hydrogens is 273 g/mol. The molecule has 0 atom stereocenters. The number of hydrogen-bond donors (Lipinski definition) is 2. The summed E-state index contributed by atoms with van der Waals surface area (Å²) in [4.78, 5) is 25.0. The molecule has 2 aromatic rings. The zero-order valence-corrected chi connectivity index (χ0v) is 9.99.